The van der Waals surface area contributed by atoms with Crippen LogP contribution >= 0.6 is 0 Å². The van der Waals surface area contributed by atoms with Gasteiger partial charge in [0.25, 0.3) is 5.91 Å². The molecule has 3 heterocycles. The molecule has 148 valence electrons. The molecule has 2 N–H and O–H groups in total. The monoisotopic (exact) mass is 388 g/mol. The van der Waals surface area contributed by atoms with Crippen molar-refractivity contribution in [2.24, 2.45) is 0 Å². The number of nitrogens with one attached hydrogen (secondary N) is 2. The van der Waals surface area contributed by atoms with Crippen molar-refractivity contribution in [1.82, 2.24) is 24.7 Å². The fraction of sp³-hybridized carbons (Fsp3) is 0.364. The minimum absolute atomic E-state index is 0.199. The van der Waals surface area contributed by atoms with Gasteiger partial charge in [-0.15, -0.1) is 0 Å². The van der Waals surface area contributed by atoms with Gasteiger partial charge in [0.2, 0.25) is 5.95 Å². The number of hydrogen-bond donors (Lipinski definition) is 2. The van der Waals surface area contributed by atoms with Crippen molar-refractivity contribution in [2.45, 2.75) is 52.0 Å². The highest BCUT2D eigenvalue weighted by Crippen LogP contribution is 2.41. The van der Waals surface area contributed by atoms with E-state index in [-0.39, 0.29) is 11.4 Å². The van der Waals surface area contributed by atoms with E-state index in [1.54, 1.807) is 0 Å². The molecule has 1 aliphatic carbocycles. The van der Waals surface area contributed by atoms with Gasteiger partial charge >= 0.3 is 0 Å². The zero-order valence-corrected chi connectivity index (χ0v) is 17.1. The van der Waals surface area contributed by atoms with Gasteiger partial charge < -0.3 is 4.98 Å². The second kappa shape index (κ2) is 6.14. The number of amides is 1. The molecule has 0 spiro atoms. The van der Waals surface area contributed by atoms with E-state index >= 15 is 0 Å². The zero-order valence-electron chi connectivity index (χ0n) is 17.1. The van der Waals surface area contributed by atoms with Crippen molar-refractivity contribution in [3.8, 4) is 0 Å². The van der Waals surface area contributed by atoms with Crippen molar-refractivity contribution in [1.29, 1.82) is 0 Å². The van der Waals surface area contributed by atoms with Crippen LogP contribution in [-0.4, -0.2) is 30.6 Å². The number of imidazole rings is 1. The molecule has 29 heavy (non-hydrogen) atoms. The fourth-order valence-electron chi connectivity index (χ4n) is 3.73. The van der Waals surface area contributed by atoms with Crippen molar-refractivity contribution < 1.29 is 4.79 Å². The van der Waals surface area contributed by atoms with Crippen molar-refractivity contribution >= 4 is 33.9 Å². The third-order valence-electron chi connectivity index (χ3n) is 5.33. The standard InChI is InChI=1S/C22H24N6O/c1-12-18-14(20(29)26-21-24-15-7-5-6-8-16(15)25-21)11-17(13-9-10-13)23-19(18)28(27-12)22(2,3)4/h5-8,11,13H,9-10H2,1-4H3,(H2,24,25,26,29). The number of carbonyl (C=O) groups excluding carboxylic acids is 1. The molecule has 5 rings (SSSR count). The molecule has 3 aromatic heterocycles. The SMILES string of the molecule is Cc1nn(C(C)(C)C)c2nc(C3CC3)cc(C(=O)Nc3nc4ccccc4[nH]3)c12. The van der Waals surface area contributed by atoms with E-state index in [1.807, 2.05) is 41.9 Å². The predicted octanol–water partition coefficient (Wildman–Crippen LogP) is 4.50. The number of nitrogens with zero attached hydrogens (tertiary/aromatic N) is 4. The quantitative estimate of drug-likeness (QED) is 0.541. The lowest BCUT2D eigenvalue weighted by atomic mass is 10.1. The Labute approximate surface area is 168 Å². The molecular formula is C22H24N6O. The number of pyridine rings is 1. The van der Waals surface area contributed by atoms with E-state index in [0.29, 0.717) is 17.4 Å². The highest BCUT2D eigenvalue weighted by molar-refractivity contribution is 6.12. The van der Waals surface area contributed by atoms with Gasteiger partial charge in [-0.2, -0.15) is 5.10 Å². The molecule has 0 saturated heterocycles. The summed E-state index contributed by atoms with van der Waals surface area (Å²) in [6.07, 6.45) is 2.23. The van der Waals surface area contributed by atoms with E-state index in [2.05, 4.69) is 36.1 Å². The van der Waals surface area contributed by atoms with Crippen LogP contribution in [0.4, 0.5) is 5.95 Å². The van der Waals surface area contributed by atoms with Crippen molar-refractivity contribution in [3.05, 3.63) is 47.3 Å². The Balaban J connectivity index is 1.62. The van der Waals surface area contributed by atoms with Gasteiger partial charge in [-0.1, -0.05) is 12.1 Å². The number of rotatable bonds is 3. The van der Waals surface area contributed by atoms with E-state index < -0.39 is 0 Å². The third kappa shape index (κ3) is 3.06. The lowest BCUT2D eigenvalue weighted by molar-refractivity contribution is 0.102. The lowest BCUT2D eigenvalue weighted by Gasteiger charge is -2.20. The highest BCUT2D eigenvalue weighted by Gasteiger charge is 2.30. The second-order valence-electron chi connectivity index (χ2n) is 8.79. The van der Waals surface area contributed by atoms with Crippen LogP contribution in [0.15, 0.2) is 30.3 Å². The molecule has 0 unspecified atom stereocenters. The van der Waals surface area contributed by atoms with Gasteiger partial charge in [-0.3, -0.25) is 10.1 Å². The summed E-state index contributed by atoms with van der Waals surface area (Å²) in [6.45, 7) is 8.22. The van der Waals surface area contributed by atoms with Crippen LogP contribution in [-0.2, 0) is 5.54 Å². The normalized spacial score (nSPS) is 14.6. The molecule has 0 bridgehead atoms. The van der Waals surface area contributed by atoms with Gasteiger partial charge in [-0.25, -0.2) is 14.6 Å². The number of benzene rings is 1. The van der Waals surface area contributed by atoms with Gasteiger partial charge in [0.05, 0.1) is 33.2 Å². The smallest absolute Gasteiger partial charge is 0.258 e. The van der Waals surface area contributed by atoms with Gasteiger partial charge in [0.1, 0.15) is 0 Å². The molecule has 1 fully saturated rings. The van der Waals surface area contributed by atoms with E-state index in [0.717, 1.165) is 46.3 Å². The van der Waals surface area contributed by atoms with Gasteiger partial charge in [0.15, 0.2) is 5.65 Å². The number of aromatic amines is 1. The van der Waals surface area contributed by atoms with Crippen LogP contribution in [0.5, 0.6) is 0 Å². The molecule has 0 radical (unpaired) electrons. The molecule has 0 atom stereocenters. The number of aromatic nitrogens is 5. The van der Waals surface area contributed by atoms with Crippen LogP contribution in [0.25, 0.3) is 22.1 Å². The second-order valence-corrected chi connectivity index (χ2v) is 8.79. The van der Waals surface area contributed by atoms with Crippen LogP contribution in [0, 0.1) is 6.92 Å². The Kier molecular flexibility index (Phi) is 3.78. The molecule has 1 saturated carbocycles. The van der Waals surface area contributed by atoms with E-state index in [9.17, 15) is 4.79 Å². The van der Waals surface area contributed by atoms with Gasteiger partial charge in [0, 0.05) is 11.6 Å². The summed E-state index contributed by atoms with van der Waals surface area (Å²) in [5.74, 6) is 0.672. The Morgan fingerprint density at radius 1 is 1.21 bits per heavy atom. The van der Waals surface area contributed by atoms with E-state index in [4.69, 9.17) is 10.1 Å². The number of para-hydroxylation sites is 2. The molecule has 1 amide bonds. The first-order valence-electron chi connectivity index (χ1n) is 9.98. The molecule has 4 aromatic rings. The average molecular weight is 388 g/mol. The largest absolute Gasteiger partial charge is 0.324 e. The molecular weight excluding hydrogens is 364 g/mol. The molecule has 7 heteroatoms. The summed E-state index contributed by atoms with van der Waals surface area (Å²) >= 11 is 0. The number of anilines is 1. The maximum absolute atomic E-state index is 13.3. The summed E-state index contributed by atoms with van der Waals surface area (Å²) in [5, 5.41) is 8.45. The highest BCUT2D eigenvalue weighted by atomic mass is 16.1. The lowest BCUT2D eigenvalue weighted by Crippen LogP contribution is -2.24. The minimum Gasteiger partial charge on any atom is -0.324 e. The van der Waals surface area contributed by atoms with Crippen molar-refractivity contribution in [3.63, 3.8) is 0 Å². The molecule has 1 aromatic carbocycles. The maximum atomic E-state index is 13.3. The predicted molar refractivity (Wildman–Crippen MR) is 113 cm³/mol. The first-order chi connectivity index (χ1) is 13.8. The maximum Gasteiger partial charge on any atom is 0.258 e. The topological polar surface area (TPSA) is 88.5 Å². The Hall–Kier alpha value is -3.22. The van der Waals surface area contributed by atoms with Crippen LogP contribution < -0.4 is 5.32 Å². The summed E-state index contributed by atoms with van der Waals surface area (Å²) in [6, 6.07) is 9.64. The first-order valence-corrected chi connectivity index (χ1v) is 9.98. The Bertz CT molecular complexity index is 1220. The number of H-pyrrole nitrogens is 1. The average Bonchev–Trinajstić information content (AvgIpc) is 3.35. The van der Waals surface area contributed by atoms with Gasteiger partial charge in [-0.05, 0) is 58.7 Å². The summed E-state index contributed by atoms with van der Waals surface area (Å²) in [5.41, 5.74) is 4.63. The number of fused-ring (bicyclic) bond motifs is 2. The third-order valence-corrected chi connectivity index (χ3v) is 5.33. The van der Waals surface area contributed by atoms with Crippen molar-refractivity contribution in [2.75, 3.05) is 5.32 Å². The fourth-order valence-corrected chi connectivity index (χ4v) is 3.73. The van der Waals surface area contributed by atoms with Crippen LogP contribution in [0.2, 0.25) is 0 Å². The summed E-state index contributed by atoms with van der Waals surface area (Å²) in [7, 11) is 0. The molecule has 1 aliphatic rings. The Morgan fingerprint density at radius 3 is 2.66 bits per heavy atom. The Morgan fingerprint density at radius 2 is 1.97 bits per heavy atom. The summed E-state index contributed by atoms with van der Waals surface area (Å²) in [4.78, 5) is 25.8. The number of carbonyl (C=O) groups is 1. The van der Waals surface area contributed by atoms with Crippen LogP contribution in [0.3, 0.4) is 0 Å². The molecule has 7 nitrogen and oxygen atoms in total. The number of aryl methyl sites for hydroxylation is 1. The van der Waals surface area contributed by atoms with E-state index in [1.165, 1.54) is 0 Å². The summed E-state index contributed by atoms with van der Waals surface area (Å²) < 4.78 is 1.93. The molecule has 0 aliphatic heterocycles. The first kappa shape index (κ1) is 17.8. The zero-order chi connectivity index (χ0) is 20.3. The number of hydrogen-bond acceptors (Lipinski definition) is 4. The van der Waals surface area contributed by atoms with Crippen LogP contribution in [0.1, 0.15) is 61.3 Å². The minimum atomic E-state index is -0.228.